The Morgan fingerprint density at radius 1 is 1.17 bits per heavy atom. The highest BCUT2D eigenvalue weighted by Crippen LogP contribution is 2.57. The second-order valence-electron chi connectivity index (χ2n) is 7.77. The third-order valence-corrected chi connectivity index (χ3v) is 6.23. The van der Waals surface area contributed by atoms with Crippen molar-refractivity contribution in [1.29, 1.82) is 0 Å². The minimum absolute atomic E-state index is 0.0931. The number of anilines is 2. The van der Waals surface area contributed by atoms with E-state index in [1.54, 1.807) is 18.2 Å². The smallest absolute Gasteiger partial charge is 0.339 e. The van der Waals surface area contributed by atoms with E-state index in [2.05, 4.69) is 20.3 Å². The van der Waals surface area contributed by atoms with Gasteiger partial charge in [0.2, 0.25) is 0 Å². The molecule has 5 nitrogen and oxygen atoms in total. The summed E-state index contributed by atoms with van der Waals surface area (Å²) in [6, 6.07) is 6.58. The molecule has 9 heteroatoms. The van der Waals surface area contributed by atoms with Gasteiger partial charge in [-0.3, -0.25) is 0 Å². The van der Waals surface area contributed by atoms with Gasteiger partial charge in [-0.1, -0.05) is 23.7 Å². The zero-order valence-electron chi connectivity index (χ0n) is 15.7. The maximum atomic E-state index is 13.2. The molecule has 1 aliphatic carbocycles. The molecule has 0 bridgehead atoms. The molecule has 2 aromatic heterocycles. The van der Waals surface area contributed by atoms with Crippen molar-refractivity contribution in [2.24, 2.45) is 0 Å². The maximum Gasteiger partial charge on any atom is 0.407 e. The van der Waals surface area contributed by atoms with E-state index >= 15 is 0 Å². The Kier molecular flexibility index (Phi) is 4.08. The fourth-order valence-corrected chi connectivity index (χ4v) is 4.60. The Labute approximate surface area is 170 Å². The lowest BCUT2D eigenvalue weighted by atomic mass is 9.91. The van der Waals surface area contributed by atoms with Gasteiger partial charge in [-0.05, 0) is 44.0 Å². The van der Waals surface area contributed by atoms with Gasteiger partial charge in [-0.25, -0.2) is 9.50 Å². The first-order chi connectivity index (χ1) is 13.8. The van der Waals surface area contributed by atoms with E-state index in [1.165, 1.54) is 19.2 Å². The summed E-state index contributed by atoms with van der Waals surface area (Å²) in [5.74, 6) is 0. The van der Waals surface area contributed by atoms with Crippen LogP contribution in [0.5, 0.6) is 0 Å². The average Bonchev–Trinajstić information content (AvgIpc) is 3.33. The third-order valence-electron chi connectivity index (χ3n) is 6.05. The SMILES string of the molecule is CN[C@@H](c1ccc(N2CCC3(CC3)c3c2cnc2cc(Cl)nn32)cc1)C(F)(F)F. The van der Waals surface area contributed by atoms with E-state index in [1.807, 2.05) is 10.7 Å². The molecule has 29 heavy (non-hydrogen) atoms. The van der Waals surface area contributed by atoms with Crippen LogP contribution in [0.1, 0.15) is 36.6 Å². The normalized spacial score (nSPS) is 18.9. The minimum Gasteiger partial charge on any atom is -0.339 e. The molecule has 3 heterocycles. The van der Waals surface area contributed by atoms with Gasteiger partial charge in [0.15, 0.2) is 10.8 Å². The zero-order valence-corrected chi connectivity index (χ0v) is 16.4. The number of rotatable bonds is 3. The predicted molar refractivity (Wildman–Crippen MR) is 105 cm³/mol. The number of hydrogen-bond acceptors (Lipinski definition) is 4. The van der Waals surface area contributed by atoms with Crippen molar-refractivity contribution in [3.8, 4) is 0 Å². The Balaban J connectivity index is 1.56. The van der Waals surface area contributed by atoms with Crippen molar-refractivity contribution in [2.45, 2.75) is 36.9 Å². The fraction of sp³-hybridized carbons (Fsp3) is 0.400. The Morgan fingerprint density at radius 3 is 2.52 bits per heavy atom. The first-order valence-corrected chi connectivity index (χ1v) is 9.86. The second kappa shape index (κ2) is 6.34. The van der Waals surface area contributed by atoms with E-state index < -0.39 is 12.2 Å². The van der Waals surface area contributed by atoms with Crippen molar-refractivity contribution in [3.05, 3.63) is 52.9 Å². The van der Waals surface area contributed by atoms with E-state index in [4.69, 9.17) is 11.6 Å². The molecule has 1 atom stereocenters. The highest BCUT2D eigenvalue weighted by Gasteiger charge is 2.51. The average molecular weight is 422 g/mol. The Morgan fingerprint density at radius 2 is 1.90 bits per heavy atom. The fourth-order valence-electron chi connectivity index (χ4n) is 4.43. The van der Waals surface area contributed by atoms with Crippen molar-refractivity contribution in [3.63, 3.8) is 0 Å². The van der Waals surface area contributed by atoms with E-state index in [-0.39, 0.29) is 11.0 Å². The van der Waals surface area contributed by atoms with E-state index in [0.29, 0.717) is 10.8 Å². The van der Waals surface area contributed by atoms with Crippen molar-refractivity contribution in [1.82, 2.24) is 19.9 Å². The molecule has 1 N–H and O–H groups in total. The van der Waals surface area contributed by atoms with Crippen LogP contribution in [0.3, 0.4) is 0 Å². The molecule has 0 saturated heterocycles. The zero-order chi connectivity index (χ0) is 20.4. The monoisotopic (exact) mass is 421 g/mol. The first kappa shape index (κ1) is 18.7. The molecule has 3 aromatic rings. The van der Waals surface area contributed by atoms with Crippen LogP contribution in [0.25, 0.3) is 5.65 Å². The number of nitrogens with zero attached hydrogens (tertiary/aromatic N) is 4. The number of aromatic nitrogens is 3. The Hall–Kier alpha value is -2.32. The highest BCUT2D eigenvalue weighted by atomic mass is 35.5. The number of hydrogen-bond donors (Lipinski definition) is 1. The van der Waals surface area contributed by atoms with Gasteiger partial charge in [0, 0.05) is 23.7 Å². The lowest BCUT2D eigenvalue weighted by molar-refractivity contribution is -0.156. The third kappa shape index (κ3) is 2.97. The number of benzene rings is 1. The molecular weight excluding hydrogens is 403 g/mol. The van der Waals surface area contributed by atoms with Crippen LogP contribution in [0.2, 0.25) is 5.15 Å². The highest BCUT2D eigenvalue weighted by molar-refractivity contribution is 6.29. The molecule has 0 radical (unpaired) electrons. The standard InChI is InChI=1S/C20H19ClF3N5/c1-25-17(20(22,23)24)12-2-4-13(5-3-12)28-9-8-19(6-7-19)18-14(28)11-26-16-10-15(21)27-29(16)18/h2-5,10-11,17,25H,6-9H2,1H3/t17-/m0/s1. The summed E-state index contributed by atoms with van der Waals surface area (Å²) < 4.78 is 41.4. The largest absolute Gasteiger partial charge is 0.407 e. The van der Waals surface area contributed by atoms with Crippen LogP contribution in [0.15, 0.2) is 36.5 Å². The number of halogens is 4. The number of nitrogens with one attached hydrogen (secondary N) is 1. The van der Waals surface area contributed by atoms with Crippen LogP contribution in [-0.2, 0) is 5.41 Å². The van der Waals surface area contributed by atoms with Crippen molar-refractivity contribution >= 4 is 28.6 Å². The molecule has 0 amide bonds. The van der Waals surface area contributed by atoms with Gasteiger partial charge in [0.05, 0.1) is 17.6 Å². The van der Waals surface area contributed by atoms with Gasteiger partial charge >= 0.3 is 6.18 Å². The summed E-state index contributed by atoms with van der Waals surface area (Å²) in [7, 11) is 1.31. The summed E-state index contributed by atoms with van der Waals surface area (Å²) in [5.41, 5.74) is 3.85. The molecule has 1 aliphatic heterocycles. The summed E-state index contributed by atoms with van der Waals surface area (Å²) in [5, 5.41) is 7.16. The molecule has 1 fully saturated rings. The van der Waals surface area contributed by atoms with Gasteiger partial charge in [-0.2, -0.15) is 18.3 Å². The molecule has 1 saturated carbocycles. The lowest BCUT2D eigenvalue weighted by Crippen LogP contribution is -2.33. The van der Waals surface area contributed by atoms with Crippen LogP contribution in [0, 0.1) is 0 Å². The Bertz CT molecular complexity index is 1070. The second-order valence-corrected chi connectivity index (χ2v) is 8.15. The molecule has 1 spiro atoms. The molecule has 5 rings (SSSR count). The molecule has 152 valence electrons. The molecule has 2 aliphatic rings. The molecule has 1 aromatic carbocycles. The minimum atomic E-state index is -4.35. The quantitative estimate of drug-likeness (QED) is 0.661. The topological polar surface area (TPSA) is 45.5 Å². The lowest BCUT2D eigenvalue weighted by Gasteiger charge is -2.36. The van der Waals surface area contributed by atoms with Crippen molar-refractivity contribution in [2.75, 3.05) is 18.5 Å². The summed E-state index contributed by atoms with van der Waals surface area (Å²) in [6.07, 6.45) is 0.626. The summed E-state index contributed by atoms with van der Waals surface area (Å²) in [6.45, 7) is 0.781. The number of fused-ring (bicyclic) bond motifs is 4. The van der Waals surface area contributed by atoms with E-state index in [0.717, 1.165) is 42.9 Å². The summed E-state index contributed by atoms with van der Waals surface area (Å²) in [4.78, 5) is 6.60. The van der Waals surface area contributed by atoms with Gasteiger partial charge in [0.25, 0.3) is 0 Å². The predicted octanol–water partition coefficient (Wildman–Crippen LogP) is 4.78. The van der Waals surface area contributed by atoms with Crippen LogP contribution in [-0.4, -0.2) is 34.4 Å². The van der Waals surface area contributed by atoms with Crippen LogP contribution >= 0.6 is 11.6 Å². The van der Waals surface area contributed by atoms with Gasteiger partial charge in [0.1, 0.15) is 6.04 Å². The number of alkyl halides is 3. The van der Waals surface area contributed by atoms with E-state index in [9.17, 15) is 13.2 Å². The van der Waals surface area contributed by atoms with Gasteiger partial charge < -0.3 is 10.2 Å². The van der Waals surface area contributed by atoms with Crippen LogP contribution < -0.4 is 10.2 Å². The summed E-state index contributed by atoms with van der Waals surface area (Å²) >= 11 is 6.11. The van der Waals surface area contributed by atoms with Crippen LogP contribution in [0.4, 0.5) is 24.5 Å². The molecular formula is C20H19ClF3N5. The maximum absolute atomic E-state index is 13.2. The molecule has 0 unspecified atom stereocenters. The van der Waals surface area contributed by atoms with Crippen molar-refractivity contribution < 1.29 is 13.2 Å². The first-order valence-electron chi connectivity index (χ1n) is 9.49. The van der Waals surface area contributed by atoms with Gasteiger partial charge in [-0.15, -0.1) is 0 Å².